The zero-order valence-corrected chi connectivity index (χ0v) is 8.46. The lowest BCUT2D eigenvalue weighted by Crippen LogP contribution is -2.06. The van der Waals surface area contributed by atoms with Gasteiger partial charge in [0, 0.05) is 32.2 Å². The van der Waals surface area contributed by atoms with E-state index in [4.69, 9.17) is 8.22 Å². The molecular weight excluding hydrogens is 202 g/mol. The minimum atomic E-state index is -2.76. The Kier molecular flexibility index (Phi) is 1.55. The molecule has 2 aromatic heterocycles. The van der Waals surface area contributed by atoms with Crippen molar-refractivity contribution in [2.24, 2.45) is 0 Å². The maximum atomic E-state index is 9.37. The highest BCUT2D eigenvalue weighted by Crippen LogP contribution is 2.23. The van der Waals surface area contributed by atoms with E-state index in [9.17, 15) is 5.11 Å². The van der Waals surface area contributed by atoms with Crippen LogP contribution in [-0.2, 0) is 6.61 Å². The second-order valence-electron chi connectivity index (χ2n) is 3.23. The maximum absolute atomic E-state index is 9.37. The molecule has 0 aliphatic carbocycles. The van der Waals surface area contributed by atoms with Gasteiger partial charge in [-0.3, -0.25) is 9.67 Å². The van der Waals surface area contributed by atoms with Crippen LogP contribution in [0.2, 0.25) is 0 Å². The zero-order chi connectivity index (χ0) is 16.5. The Balaban J connectivity index is 2.62. The van der Waals surface area contributed by atoms with Gasteiger partial charge in [0.2, 0.25) is 0 Å². The smallest absolute Gasteiger partial charge is 0.0938 e. The molecule has 1 N–H and O–H groups in total. The highest BCUT2D eigenvalue weighted by atomic mass is 16.3. The third-order valence-electron chi connectivity index (χ3n) is 2.22. The van der Waals surface area contributed by atoms with E-state index < -0.39 is 19.7 Å². The summed E-state index contributed by atoms with van der Waals surface area (Å²) in [6, 6.07) is 2.94. The van der Waals surface area contributed by atoms with Gasteiger partial charge < -0.3 is 5.11 Å². The average molecular weight is 223 g/mol. The Hall–Kier alpha value is -1.68. The van der Waals surface area contributed by atoms with Gasteiger partial charge in [-0.15, -0.1) is 0 Å². The van der Waals surface area contributed by atoms with Crippen molar-refractivity contribution in [2.75, 3.05) is 0 Å². The lowest BCUT2D eigenvalue weighted by molar-refractivity contribution is 0.282. The number of aliphatic hydroxyl groups excluding tert-OH is 1. The van der Waals surface area contributed by atoms with Gasteiger partial charge in [0.05, 0.1) is 18.0 Å². The first-order valence-corrected chi connectivity index (χ1v) is 4.75. The largest absolute Gasteiger partial charge is 0.392 e. The van der Waals surface area contributed by atoms with E-state index in [2.05, 4.69) is 10.1 Å². The van der Waals surface area contributed by atoms with E-state index in [-0.39, 0.29) is 12.3 Å². The normalized spacial score (nSPS) is 18.1. The first-order chi connectivity index (χ1) is 10.2. The standard InChI is InChI=1S/C12H15N3O/c1-9(2)15-11(5-7-14-15)12-10(8-16)4-3-6-13-12/h3-7,9,16H,8H2,1-2H3/i1D3,2D3. The highest BCUT2D eigenvalue weighted by molar-refractivity contribution is 5.58. The summed E-state index contributed by atoms with van der Waals surface area (Å²) in [5.74, 6) is 0. The predicted octanol–water partition coefficient (Wildman–Crippen LogP) is 2.02. The van der Waals surface area contributed by atoms with Crippen molar-refractivity contribution in [1.82, 2.24) is 14.8 Å². The second-order valence-corrected chi connectivity index (χ2v) is 3.23. The Morgan fingerprint density at radius 3 is 3.06 bits per heavy atom. The quantitative estimate of drug-likeness (QED) is 0.866. The van der Waals surface area contributed by atoms with Gasteiger partial charge in [-0.25, -0.2) is 0 Å². The van der Waals surface area contributed by atoms with Gasteiger partial charge in [-0.2, -0.15) is 5.10 Å². The molecule has 2 rings (SSSR count). The predicted molar refractivity (Wildman–Crippen MR) is 61.8 cm³/mol. The van der Waals surface area contributed by atoms with Crippen molar-refractivity contribution in [3.8, 4) is 11.4 Å². The summed E-state index contributed by atoms with van der Waals surface area (Å²) in [6.45, 7) is -5.83. The molecule has 0 atom stereocenters. The van der Waals surface area contributed by atoms with Crippen LogP contribution < -0.4 is 0 Å². The summed E-state index contributed by atoms with van der Waals surface area (Å²) in [6.07, 6.45) is 2.79. The first kappa shape index (κ1) is 5.59. The van der Waals surface area contributed by atoms with Gasteiger partial charge in [0.15, 0.2) is 0 Å². The number of nitrogens with zero attached hydrogens (tertiary/aromatic N) is 3. The van der Waals surface area contributed by atoms with Gasteiger partial charge in [0.1, 0.15) is 0 Å². The zero-order valence-electron chi connectivity index (χ0n) is 14.5. The molecule has 16 heavy (non-hydrogen) atoms. The van der Waals surface area contributed by atoms with E-state index in [1.54, 1.807) is 12.1 Å². The molecule has 4 nitrogen and oxygen atoms in total. The van der Waals surface area contributed by atoms with Crippen LogP contribution in [0, 0.1) is 0 Å². The SMILES string of the molecule is [2H]C([2H])([2H])C(n1nccc1-c1ncccc1CO)C([2H])([2H])[2H]. The molecule has 0 amide bonds. The van der Waals surface area contributed by atoms with Crippen molar-refractivity contribution in [3.63, 3.8) is 0 Å². The fraction of sp³-hybridized carbons (Fsp3) is 0.333. The summed E-state index contributed by atoms with van der Waals surface area (Å²) in [5, 5.41) is 13.3. The van der Waals surface area contributed by atoms with Crippen LogP contribution in [0.15, 0.2) is 30.6 Å². The van der Waals surface area contributed by atoms with Crippen LogP contribution in [-0.4, -0.2) is 19.9 Å². The number of hydrogen-bond donors (Lipinski definition) is 1. The molecule has 2 heterocycles. The molecule has 0 spiro atoms. The molecule has 4 heteroatoms. The van der Waals surface area contributed by atoms with Crippen LogP contribution in [0.1, 0.15) is 33.5 Å². The van der Waals surface area contributed by atoms with Crippen molar-refractivity contribution in [3.05, 3.63) is 36.2 Å². The second kappa shape index (κ2) is 4.45. The Bertz CT molecular complexity index is 635. The summed E-state index contributed by atoms with van der Waals surface area (Å²) in [5.41, 5.74) is 1.00. The molecule has 0 radical (unpaired) electrons. The molecule has 0 aliphatic heterocycles. The number of rotatable bonds is 3. The molecule has 0 unspecified atom stereocenters. The average Bonchev–Trinajstić information content (AvgIpc) is 2.83. The van der Waals surface area contributed by atoms with E-state index in [0.717, 1.165) is 4.68 Å². The highest BCUT2D eigenvalue weighted by Gasteiger charge is 2.12. The van der Waals surface area contributed by atoms with Crippen LogP contribution >= 0.6 is 0 Å². The molecule has 0 saturated carbocycles. The van der Waals surface area contributed by atoms with Gasteiger partial charge in [0.25, 0.3) is 0 Å². The summed E-state index contributed by atoms with van der Waals surface area (Å²) >= 11 is 0. The fourth-order valence-corrected chi connectivity index (χ4v) is 1.50. The molecule has 0 aliphatic rings. The van der Waals surface area contributed by atoms with Crippen LogP contribution in [0.25, 0.3) is 11.4 Å². The minimum Gasteiger partial charge on any atom is -0.392 e. The lowest BCUT2D eigenvalue weighted by Gasteiger charge is -2.12. The molecule has 2 aromatic rings. The van der Waals surface area contributed by atoms with E-state index in [0.29, 0.717) is 11.3 Å². The third kappa shape index (κ3) is 1.84. The molecule has 84 valence electrons. The topological polar surface area (TPSA) is 50.9 Å². The summed E-state index contributed by atoms with van der Waals surface area (Å²) < 4.78 is 46.1. The number of aromatic nitrogens is 3. The molecular formula is C12H15N3O. The first-order valence-electron chi connectivity index (χ1n) is 7.75. The van der Waals surface area contributed by atoms with Crippen LogP contribution in [0.3, 0.4) is 0 Å². The maximum Gasteiger partial charge on any atom is 0.0938 e. The lowest BCUT2D eigenvalue weighted by atomic mass is 10.1. The van der Waals surface area contributed by atoms with Gasteiger partial charge >= 0.3 is 0 Å². The van der Waals surface area contributed by atoms with Crippen molar-refractivity contribution in [2.45, 2.75) is 26.4 Å². The molecule has 0 bridgehead atoms. The van der Waals surface area contributed by atoms with E-state index in [1.165, 1.54) is 18.5 Å². The number of hydrogen-bond acceptors (Lipinski definition) is 3. The van der Waals surface area contributed by atoms with E-state index in [1.807, 2.05) is 0 Å². The minimum absolute atomic E-state index is 0.238. The number of pyridine rings is 1. The fourth-order valence-electron chi connectivity index (χ4n) is 1.50. The van der Waals surface area contributed by atoms with Crippen LogP contribution in [0.5, 0.6) is 0 Å². The van der Waals surface area contributed by atoms with E-state index >= 15 is 0 Å². The van der Waals surface area contributed by atoms with Crippen molar-refractivity contribution >= 4 is 0 Å². The monoisotopic (exact) mass is 223 g/mol. The van der Waals surface area contributed by atoms with Gasteiger partial charge in [-0.1, -0.05) is 6.07 Å². The molecule has 0 saturated heterocycles. The molecule has 0 fully saturated rings. The third-order valence-corrected chi connectivity index (χ3v) is 2.22. The van der Waals surface area contributed by atoms with Gasteiger partial charge in [-0.05, 0) is 25.8 Å². The molecule has 0 aromatic carbocycles. The summed E-state index contributed by atoms with van der Waals surface area (Å²) in [7, 11) is 0. The number of aliphatic hydroxyl groups is 1. The van der Waals surface area contributed by atoms with Crippen molar-refractivity contribution < 1.29 is 13.3 Å². The Labute approximate surface area is 103 Å². The van der Waals surface area contributed by atoms with Crippen molar-refractivity contribution in [1.29, 1.82) is 0 Å². The Morgan fingerprint density at radius 2 is 2.31 bits per heavy atom. The summed E-state index contributed by atoms with van der Waals surface area (Å²) in [4.78, 5) is 4.11. The Morgan fingerprint density at radius 1 is 1.44 bits per heavy atom. The van der Waals surface area contributed by atoms with Crippen LogP contribution in [0.4, 0.5) is 0 Å².